The number of benzene rings is 2. The molecule has 0 bridgehead atoms. The average molecular weight is 243 g/mol. The van der Waals surface area contributed by atoms with Crippen molar-refractivity contribution in [2.75, 3.05) is 5.32 Å². The molecule has 2 aromatic rings. The molecule has 0 radical (unpaired) electrons. The number of halogens is 1. The first-order valence-electron chi connectivity index (χ1n) is 6.15. The van der Waals surface area contributed by atoms with Crippen LogP contribution in [0.3, 0.4) is 0 Å². The third-order valence-corrected chi connectivity index (χ3v) is 3.11. The van der Waals surface area contributed by atoms with Gasteiger partial charge >= 0.3 is 0 Å². The lowest BCUT2D eigenvalue weighted by atomic mass is 10.1. The van der Waals surface area contributed by atoms with E-state index in [1.165, 1.54) is 17.2 Å². The molecule has 94 valence electrons. The molecule has 0 saturated carbocycles. The Labute approximate surface area is 108 Å². The van der Waals surface area contributed by atoms with Gasteiger partial charge in [-0.05, 0) is 55.7 Å². The Hall–Kier alpha value is -1.83. The monoisotopic (exact) mass is 243 g/mol. The van der Waals surface area contributed by atoms with Crippen LogP contribution < -0.4 is 5.32 Å². The van der Waals surface area contributed by atoms with Crippen LogP contribution in [0.2, 0.25) is 0 Å². The molecule has 2 aromatic carbocycles. The largest absolute Gasteiger partial charge is 0.378 e. The van der Waals surface area contributed by atoms with Crippen molar-refractivity contribution in [2.24, 2.45) is 0 Å². The van der Waals surface area contributed by atoms with Gasteiger partial charge in [0.15, 0.2) is 0 Å². The van der Waals surface area contributed by atoms with Gasteiger partial charge in [-0.1, -0.05) is 24.3 Å². The van der Waals surface area contributed by atoms with Crippen molar-refractivity contribution >= 4 is 5.69 Å². The smallest absolute Gasteiger partial charge is 0.123 e. The zero-order chi connectivity index (χ0) is 13.1. The van der Waals surface area contributed by atoms with E-state index in [0.29, 0.717) is 0 Å². The minimum atomic E-state index is -0.192. The second-order valence-corrected chi connectivity index (χ2v) is 4.74. The number of hydrogen-bond acceptors (Lipinski definition) is 1. The van der Waals surface area contributed by atoms with E-state index in [0.717, 1.165) is 11.3 Å². The molecule has 0 aliphatic carbocycles. The van der Waals surface area contributed by atoms with Crippen molar-refractivity contribution in [3.05, 3.63) is 65.0 Å². The Kier molecular flexibility index (Phi) is 3.66. The molecule has 2 rings (SSSR count). The lowest BCUT2D eigenvalue weighted by molar-refractivity contribution is 0.623. The summed E-state index contributed by atoms with van der Waals surface area (Å²) in [4.78, 5) is 0. The van der Waals surface area contributed by atoms with E-state index >= 15 is 0 Å². The number of nitrogens with one attached hydrogen (secondary N) is 1. The summed E-state index contributed by atoms with van der Waals surface area (Å²) >= 11 is 0. The quantitative estimate of drug-likeness (QED) is 0.829. The summed E-state index contributed by atoms with van der Waals surface area (Å²) in [5.74, 6) is -0.192. The predicted molar refractivity (Wildman–Crippen MR) is 74.4 cm³/mol. The number of rotatable bonds is 3. The van der Waals surface area contributed by atoms with Gasteiger partial charge in [0.2, 0.25) is 0 Å². The topological polar surface area (TPSA) is 12.0 Å². The molecule has 0 aliphatic rings. The number of anilines is 1. The fraction of sp³-hybridized carbons (Fsp3) is 0.250. The van der Waals surface area contributed by atoms with E-state index < -0.39 is 0 Å². The summed E-state index contributed by atoms with van der Waals surface area (Å²) in [5.41, 5.74) is 4.47. The first-order valence-corrected chi connectivity index (χ1v) is 6.15. The molecule has 0 fully saturated rings. The Balaban J connectivity index is 2.21. The lowest BCUT2D eigenvalue weighted by Gasteiger charge is -2.18. The van der Waals surface area contributed by atoms with Crippen molar-refractivity contribution in [3.8, 4) is 0 Å². The van der Waals surface area contributed by atoms with Crippen molar-refractivity contribution in [2.45, 2.75) is 26.8 Å². The highest BCUT2D eigenvalue weighted by Crippen LogP contribution is 2.23. The van der Waals surface area contributed by atoms with Crippen LogP contribution in [-0.2, 0) is 0 Å². The third-order valence-electron chi connectivity index (χ3n) is 3.11. The van der Waals surface area contributed by atoms with Crippen LogP contribution in [0.4, 0.5) is 10.1 Å². The van der Waals surface area contributed by atoms with Gasteiger partial charge in [-0.3, -0.25) is 0 Å². The maximum absolute atomic E-state index is 13.2. The summed E-state index contributed by atoms with van der Waals surface area (Å²) in [6.45, 7) is 6.17. The van der Waals surface area contributed by atoms with Crippen LogP contribution in [0.1, 0.15) is 29.7 Å². The molecule has 1 nitrogen and oxygen atoms in total. The van der Waals surface area contributed by atoms with E-state index in [9.17, 15) is 4.39 Å². The Morgan fingerprint density at radius 3 is 2.56 bits per heavy atom. The first-order chi connectivity index (χ1) is 8.56. The first kappa shape index (κ1) is 12.6. The van der Waals surface area contributed by atoms with Crippen LogP contribution in [0.5, 0.6) is 0 Å². The van der Waals surface area contributed by atoms with Crippen LogP contribution in [0.15, 0.2) is 42.5 Å². The van der Waals surface area contributed by atoms with Gasteiger partial charge in [0.05, 0.1) is 0 Å². The maximum Gasteiger partial charge on any atom is 0.123 e. The highest BCUT2D eigenvalue weighted by atomic mass is 19.1. The maximum atomic E-state index is 13.2. The van der Waals surface area contributed by atoms with E-state index in [1.54, 1.807) is 12.1 Å². The van der Waals surface area contributed by atoms with Crippen molar-refractivity contribution < 1.29 is 4.39 Å². The van der Waals surface area contributed by atoms with E-state index in [2.05, 4.69) is 37.4 Å². The highest BCUT2D eigenvalue weighted by Gasteiger charge is 2.07. The zero-order valence-corrected chi connectivity index (χ0v) is 11.0. The van der Waals surface area contributed by atoms with Crippen molar-refractivity contribution in [1.29, 1.82) is 0 Å². The van der Waals surface area contributed by atoms with Crippen LogP contribution in [-0.4, -0.2) is 0 Å². The van der Waals surface area contributed by atoms with E-state index in [-0.39, 0.29) is 11.9 Å². The molecule has 1 atom stereocenters. The number of hydrogen-bond donors (Lipinski definition) is 1. The fourth-order valence-electron chi connectivity index (χ4n) is 1.98. The molecule has 0 spiro atoms. The van der Waals surface area contributed by atoms with Gasteiger partial charge in [-0.25, -0.2) is 4.39 Å². The van der Waals surface area contributed by atoms with Gasteiger partial charge in [0, 0.05) is 11.7 Å². The highest BCUT2D eigenvalue weighted by molar-refractivity contribution is 5.53. The molecule has 0 aromatic heterocycles. The molecule has 18 heavy (non-hydrogen) atoms. The molecule has 0 saturated heterocycles. The summed E-state index contributed by atoms with van der Waals surface area (Å²) in [6, 6.07) is 13.1. The van der Waals surface area contributed by atoms with Gasteiger partial charge in [-0.15, -0.1) is 0 Å². The van der Waals surface area contributed by atoms with E-state index in [4.69, 9.17) is 0 Å². The Morgan fingerprint density at radius 1 is 1.06 bits per heavy atom. The molecule has 1 unspecified atom stereocenters. The van der Waals surface area contributed by atoms with Gasteiger partial charge in [-0.2, -0.15) is 0 Å². The lowest BCUT2D eigenvalue weighted by Crippen LogP contribution is -2.08. The third kappa shape index (κ3) is 2.89. The van der Waals surface area contributed by atoms with Gasteiger partial charge in [0.1, 0.15) is 5.82 Å². The zero-order valence-electron chi connectivity index (χ0n) is 11.0. The normalized spacial score (nSPS) is 12.2. The SMILES string of the molecule is Cc1ccc(C)c(NC(C)c2cccc(F)c2)c1. The van der Waals surface area contributed by atoms with Crippen molar-refractivity contribution in [3.63, 3.8) is 0 Å². The molecule has 0 aliphatic heterocycles. The summed E-state index contributed by atoms with van der Waals surface area (Å²) in [6.07, 6.45) is 0. The van der Waals surface area contributed by atoms with Crippen molar-refractivity contribution in [1.82, 2.24) is 0 Å². The minimum Gasteiger partial charge on any atom is -0.378 e. The van der Waals surface area contributed by atoms with Crippen LogP contribution >= 0.6 is 0 Å². The summed E-state index contributed by atoms with van der Waals surface area (Å²) in [5, 5.41) is 3.43. The molecular weight excluding hydrogens is 225 g/mol. The predicted octanol–water partition coefficient (Wildman–Crippen LogP) is 4.62. The summed E-state index contributed by atoms with van der Waals surface area (Å²) < 4.78 is 13.2. The second kappa shape index (κ2) is 5.21. The fourth-order valence-corrected chi connectivity index (χ4v) is 1.98. The second-order valence-electron chi connectivity index (χ2n) is 4.74. The molecule has 0 heterocycles. The van der Waals surface area contributed by atoms with Gasteiger partial charge < -0.3 is 5.32 Å². The standard InChI is InChI=1S/C16H18FN/c1-11-7-8-12(2)16(9-11)18-13(3)14-5-4-6-15(17)10-14/h4-10,13,18H,1-3H3. The molecular formula is C16H18FN. The molecule has 0 amide bonds. The molecule has 2 heteroatoms. The Morgan fingerprint density at radius 2 is 1.83 bits per heavy atom. The van der Waals surface area contributed by atoms with E-state index in [1.807, 2.05) is 13.0 Å². The van der Waals surface area contributed by atoms with Crippen LogP contribution in [0, 0.1) is 19.7 Å². The Bertz CT molecular complexity index is 549. The molecule has 1 N–H and O–H groups in total. The average Bonchev–Trinajstić information content (AvgIpc) is 2.34. The summed E-state index contributed by atoms with van der Waals surface area (Å²) in [7, 11) is 0. The minimum absolute atomic E-state index is 0.0844. The van der Waals surface area contributed by atoms with Gasteiger partial charge in [0.25, 0.3) is 0 Å². The van der Waals surface area contributed by atoms with Crippen LogP contribution in [0.25, 0.3) is 0 Å². The number of aryl methyl sites for hydroxylation is 2.